The monoisotopic (exact) mass is 258 g/mol. The lowest BCUT2D eigenvalue weighted by molar-refractivity contribution is -0.712. The van der Waals surface area contributed by atoms with E-state index in [1.54, 1.807) is 23.8 Å². The fraction of sp³-hybridized carbons (Fsp3) is 0.583. The van der Waals surface area contributed by atoms with Crippen LogP contribution in [0.3, 0.4) is 0 Å². The first-order valence-electron chi connectivity index (χ1n) is 5.65. The molecule has 0 aliphatic carbocycles. The summed E-state index contributed by atoms with van der Waals surface area (Å²) in [4.78, 5) is 0. The first-order valence-corrected chi connectivity index (χ1v) is 7.15. The predicted octanol–water partition coefficient (Wildman–Crippen LogP) is 2.07. The van der Waals surface area contributed by atoms with Crippen molar-refractivity contribution in [2.24, 2.45) is 0 Å². The lowest BCUT2D eigenvalue weighted by Gasteiger charge is -2.19. The molecule has 1 atom stereocenters. The van der Waals surface area contributed by atoms with E-state index in [9.17, 15) is 13.0 Å². The highest BCUT2D eigenvalue weighted by molar-refractivity contribution is 7.85. The molecule has 0 saturated heterocycles. The highest BCUT2D eigenvalue weighted by Gasteiger charge is 2.35. The third-order valence-electron chi connectivity index (χ3n) is 2.66. The van der Waals surface area contributed by atoms with Crippen molar-refractivity contribution in [2.75, 3.05) is 0 Å². The molecule has 0 amide bonds. The van der Waals surface area contributed by atoms with Crippen molar-refractivity contribution in [1.29, 1.82) is 0 Å². The molecule has 0 spiro atoms. The number of hydrogen-bond donors (Lipinski definition) is 1. The molecule has 17 heavy (non-hydrogen) atoms. The third kappa shape index (κ3) is 3.26. The van der Waals surface area contributed by atoms with Crippen LogP contribution in [0.5, 0.6) is 0 Å². The summed E-state index contributed by atoms with van der Waals surface area (Å²) in [6.45, 7) is 7.77. The Hall–Kier alpha value is -0.940. The Morgan fingerprint density at radius 2 is 1.94 bits per heavy atom. The fourth-order valence-electron chi connectivity index (χ4n) is 1.89. The van der Waals surface area contributed by atoms with Gasteiger partial charge in [0.1, 0.15) is 0 Å². The lowest BCUT2D eigenvalue weighted by Crippen LogP contribution is -2.49. The Morgan fingerprint density at radius 3 is 2.35 bits per heavy atom. The highest BCUT2D eigenvalue weighted by atomic mass is 32.2. The van der Waals surface area contributed by atoms with Gasteiger partial charge >= 0.3 is 10.1 Å². The summed E-state index contributed by atoms with van der Waals surface area (Å²) in [6, 6.07) is 5.52. The molecule has 1 aromatic heterocycles. The zero-order valence-electron chi connectivity index (χ0n) is 10.7. The first-order chi connectivity index (χ1) is 7.68. The minimum absolute atomic E-state index is 0.181. The van der Waals surface area contributed by atoms with Crippen LogP contribution in [0.2, 0.25) is 0 Å². The molecule has 0 fully saturated rings. The number of hydrogen-bond acceptors (Lipinski definition) is 2. The smallest absolute Gasteiger partial charge is 0.280 e. The van der Waals surface area contributed by atoms with Crippen molar-refractivity contribution in [3.05, 3.63) is 30.1 Å². The van der Waals surface area contributed by atoms with Gasteiger partial charge in [-0.1, -0.05) is 33.8 Å². The van der Waals surface area contributed by atoms with E-state index in [2.05, 4.69) is 0 Å². The predicted molar refractivity (Wildman–Crippen MR) is 66.2 cm³/mol. The van der Waals surface area contributed by atoms with Crippen molar-refractivity contribution in [2.45, 2.75) is 44.9 Å². The van der Waals surface area contributed by atoms with Gasteiger partial charge in [0.15, 0.2) is 11.9 Å². The highest BCUT2D eigenvalue weighted by Crippen LogP contribution is 2.21. The maximum atomic E-state index is 11.4. The summed E-state index contributed by atoms with van der Waals surface area (Å²) in [6.07, 6.45) is 2.03. The summed E-state index contributed by atoms with van der Waals surface area (Å²) >= 11 is 0. The molecule has 1 N–H and O–H groups in total. The van der Waals surface area contributed by atoms with Crippen LogP contribution in [0.1, 0.15) is 45.2 Å². The van der Waals surface area contributed by atoms with E-state index in [1.165, 1.54) is 0 Å². The molecule has 0 aliphatic heterocycles. The van der Waals surface area contributed by atoms with Gasteiger partial charge in [-0.05, 0) is 0 Å². The minimum Gasteiger partial charge on any atom is -0.280 e. The molecule has 1 aromatic rings. The van der Waals surface area contributed by atoms with Crippen molar-refractivity contribution in [3.8, 4) is 0 Å². The van der Waals surface area contributed by atoms with Crippen LogP contribution >= 0.6 is 0 Å². The van der Waals surface area contributed by atoms with Crippen LogP contribution in [-0.2, 0) is 15.5 Å². The molecule has 0 aliphatic rings. The van der Waals surface area contributed by atoms with Gasteiger partial charge in [-0.15, -0.1) is 0 Å². The van der Waals surface area contributed by atoms with Gasteiger partial charge < -0.3 is 0 Å². The zero-order chi connectivity index (χ0) is 13.3. The van der Waals surface area contributed by atoms with Gasteiger partial charge in [0.25, 0.3) is 5.37 Å². The Morgan fingerprint density at radius 1 is 1.35 bits per heavy atom. The quantitative estimate of drug-likeness (QED) is 0.667. The third-order valence-corrected chi connectivity index (χ3v) is 3.91. The number of pyridine rings is 1. The Kier molecular flexibility index (Phi) is 3.94. The molecule has 0 bridgehead atoms. The average Bonchev–Trinajstić information content (AvgIpc) is 2.15. The summed E-state index contributed by atoms with van der Waals surface area (Å²) in [5, 5.41) is -0.919. The summed E-state index contributed by atoms with van der Waals surface area (Å²) in [5.41, 5.74) is 0.698. The molecular formula is C12H20NO3S+. The van der Waals surface area contributed by atoms with Crippen LogP contribution in [0, 0.1) is 0 Å². The maximum absolute atomic E-state index is 11.4. The topological polar surface area (TPSA) is 58.2 Å². The molecule has 1 unspecified atom stereocenters. The second kappa shape index (κ2) is 4.74. The fourth-order valence-corrected chi connectivity index (χ4v) is 2.79. The molecular weight excluding hydrogens is 238 g/mol. The summed E-state index contributed by atoms with van der Waals surface area (Å²) in [5.74, 6) is 0. The van der Waals surface area contributed by atoms with Crippen LogP contribution in [0.15, 0.2) is 24.4 Å². The van der Waals surface area contributed by atoms with E-state index in [-0.39, 0.29) is 5.41 Å². The average molecular weight is 258 g/mol. The van der Waals surface area contributed by atoms with E-state index in [1.807, 2.05) is 32.9 Å². The van der Waals surface area contributed by atoms with Crippen molar-refractivity contribution in [1.82, 2.24) is 0 Å². The van der Waals surface area contributed by atoms with Crippen LogP contribution in [0.25, 0.3) is 0 Å². The van der Waals surface area contributed by atoms with E-state index >= 15 is 0 Å². The van der Waals surface area contributed by atoms with E-state index < -0.39 is 15.5 Å². The second-order valence-corrected chi connectivity index (χ2v) is 6.70. The van der Waals surface area contributed by atoms with Crippen LogP contribution < -0.4 is 4.57 Å². The Labute approximate surface area is 103 Å². The summed E-state index contributed by atoms with van der Waals surface area (Å²) in [7, 11) is -4.09. The molecule has 4 nitrogen and oxygen atoms in total. The maximum Gasteiger partial charge on any atom is 0.329 e. The molecule has 0 radical (unpaired) electrons. The first kappa shape index (κ1) is 14.1. The van der Waals surface area contributed by atoms with Gasteiger partial charge in [0.05, 0.1) is 0 Å². The van der Waals surface area contributed by atoms with Gasteiger partial charge in [0.2, 0.25) is 0 Å². The van der Waals surface area contributed by atoms with Gasteiger partial charge in [0, 0.05) is 24.0 Å². The minimum atomic E-state index is -4.09. The number of nitrogens with zero attached hydrogens (tertiary/aromatic N) is 1. The molecule has 5 heteroatoms. The van der Waals surface area contributed by atoms with Crippen LogP contribution in [-0.4, -0.2) is 13.0 Å². The van der Waals surface area contributed by atoms with Crippen molar-refractivity contribution >= 4 is 10.1 Å². The number of aromatic nitrogens is 1. The normalized spacial score (nSPS) is 14.6. The Bertz CT molecular complexity index is 489. The molecule has 1 heterocycles. The largest absolute Gasteiger partial charge is 0.329 e. The SMILES string of the molecule is CCC([n+]1ccccc1C(C)(C)C)S(=O)(=O)O. The van der Waals surface area contributed by atoms with Crippen molar-refractivity contribution in [3.63, 3.8) is 0 Å². The van der Waals surface area contributed by atoms with Gasteiger partial charge in [-0.2, -0.15) is 13.0 Å². The standard InChI is InChI=1S/C12H19NO3S/c1-5-11(17(14,15)16)13-9-7-6-8-10(13)12(2,3)4/h6-9,11H,5H2,1-4H3/p+1. The van der Waals surface area contributed by atoms with E-state index in [4.69, 9.17) is 0 Å². The van der Waals surface area contributed by atoms with Crippen molar-refractivity contribution < 1.29 is 17.5 Å². The molecule has 1 rings (SSSR count). The van der Waals surface area contributed by atoms with E-state index in [0.717, 1.165) is 5.69 Å². The number of rotatable bonds is 3. The molecule has 0 aromatic carbocycles. The van der Waals surface area contributed by atoms with Crippen LogP contribution in [0.4, 0.5) is 0 Å². The van der Waals surface area contributed by atoms with E-state index in [0.29, 0.717) is 6.42 Å². The molecule has 96 valence electrons. The zero-order valence-corrected chi connectivity index (χ0v) is 11.5. The second-order valence-electron chi connectivity index (χ2n) is 5.12. The Balaban J connectivity index is 3.41. The van der Waals surface area contributed by atoms with Gasteiger partial charge in [-0.25, -0.2) is 0 Å². The molecule has 0 saturated carbocycles. The lowest BCUT2D eigenvalue weighted by atomic mass is 9.91. The van der Waals surface area contributed by atoms with Gasteiger partial charge in [-0.3, -0.25) is 4.55 Å². The summed E-state index contributed by atoms with van der Waals surface area (Å²) < 4.78 is 33.7.